The highest BCUT2D eigenvalue weighted by atomic mass is 35.5. The van der Waals surface area contributed by atoms with Crippen LogP contribution in [0, 0.1) is 11.3 Å². The van der Waals surface area contributed by atoms with Crippen LogP contribution in [0.25, 0.3) is 0 Å². The summed E-state index contributed by atoms with van der Waals surface area (Å²) in [7, 11) is 0. The van der Waals surface area contributed by atoms with E-state index in [1.165, 1.54) is 11.3 Å². The molecule has 0 aliphatic carbocycles. The normalized spacial score (nSPS) is 14.3. The maximum Gasteiger partial charge on any atom is 0.258 e. The molecule has 1 N–H and O–H groups in total. The van der Waals surface area contributed by atoms with Gasteiger partial charge in [-0.15, -0.1) is 22.7 Å². The van der Waals surface area contributed by atoms with Gasteiger partial charge in [-0.3, -0.25) is 9.69 Å². The fourth-order valence-electron chi connectivity index (χ4n) is 2.60. The summed E-state index contributed by atoms with van der Waals surface area (Å²) >= 11 is 14.5. The van der Waals surface area contributed by atoms with Crippen LogP contribution < -0.4 is 5.32 Å². The van der Waals surface area contributed by atoms with Gasteiger partial charge in [0.25, 0.3) is 5.91 Å². The number of likely N-dealkylation sites (N-methyl/N-ethyl adjacent to an activating group) is 1. The Morgan fingerprint density at radius 3 is 2.87 bits per heavy atom. The van der Waals surface area contributed by atoms with Crippen molar-refractivity contribution in [2.24, 2.45) is 0 Å². The molecule has 0 aromatic carbocycles. The van der Waals surface area contributed by atoms with Crippen LogP contribution in [-0.4, -0.2) is 23.9 Å². The molecule has 23 heavy (non-hydrogen) atoms. The van der Waals surface area contributed by atoms with Crippen molar-refractivity contribution in [1.82, 2.24) is 4.90 Å². The maximum atomic E-state index is 12.4. The molecule has 0 unspecified atom stereocenters. The van der Waals surface area contributed by atoms with E-state index in [9.17, 15) is 10.1 Å². The molecule has 3 heterocycles. The highest BCUT2D eigenvalue weighted by molar-refractivity contribution is 7.20. The Morgan fingerprint density at radius 2 is 2.26 bits per heavy atom. The van der Waals surface area contributed by atoms with Crippen molar-refractivity contribution in [3.05, 3.63) is 36.3 Å². The number of nitriles is 1. The minimum atomic E-state index is -0.333. The van der Waals surface area contributed by atoms with Gasteiger partial charge in [-0.2, -0.15) is 5.26 Å². The quantitative estimate of drug-likeness (QED) is 0.838. The second kappa shape index (κ2) is 6.80. The lowest BCUT2D eigenvalue weighted by Gasteiger charge is -2.24. The van der Waals surface area contributed by atoms with Gasteiger partial charge in [0, 0.05) is 18.0 Å². The Bertz CT molecular complexity index is 806. The van der Waals surface area contributed by atoms with Gasteiger partial charge in [0.05, 0.1) is 15.5 Å². The summed E-state index contributed by atoms with van der Waals surface area (Å²) in [5.74, 6) is -0.333. The second-order valence-corrected chi connectivity index (χ2v) is 8.52. The van der Waals surface area contributed by atoms with Gasteiger partial charge in [0.15, 0.2) is 0 Å². The molecule has 0 bridgehead atoms. The molecule has 1 aliphatic rings. The van der Waals surface area contributed by atoms with E-state index in [4.69, 9.17) is 23.2 Å². The lowest BCUT2D eigenvalue weighted by atomic mass is 10.0. The monoisotopic (exact) mass is 385 g/mol. The SMILES string of the molecule is CCN1CCc2c(sc(NC(=O)c3cc(Cl)sc3Cl)c2C#N)C1. The molecule has 1 aliphatic heterocycles. The first-order chi connectivity index (χ1) is 11.0. The van der Waals surface area contributed by atoms with Crippen molar-refractivity contribution in [1.29, 1.82) is 5.26 Å². The maximum absolute atomic E-state index is 12.4. The number of hydrogen-bond acceptors (Lipinski definition) is 5. The largest absolute Gasteiger partial charge is 0.312 e. The van der Waals surface area contributed by atoms with Gasteiger partial charge in [-0.1, -0.05) is 30.1 Å². The smallest absolute Gasteiger partial charge is 0.258 e. The summed E-state index contributed by atoms with van der Waals surface area (Å²) in [6.07, 6.45) is 0.837. The molecule has 0 saturated heterocycles. The zero-order chi connectivity index (χ0) is 16.6. The Balaban J connectivity index is 1.89. The molecular weight excluding hydrogens is 373 g/mol. The first-order valence-electron chi connectivity index (χ1n) is 7.06. The molecule has 0 atom stereocenters. The van der Waals surface area contributed by atoms with E-state index in [-0.39, 0.29) is 5.91 Å². The molecule has 3 rings (SSSR count). The summed E-state index contributed by atoms with van der Waals surface area (Å²) < 4.78 is 0.814. The third kappa shape index (κ3) is 3.25. The van der Waals surface area contributed by atoms with Gasteiger partial charge in [0.1, 0.15) is 15.4 Å². The predicted molar refractivity (Wildman–Crippen MR) is 96.0 cm³/mol. The molecule has 2 aromatic rings. The van der Waals surface area contributed by atoms with Gasteiger partial charge >= 0.3 is 0 Å². The highest BCUT2D eigenvalue weighted by Crippen LogP contribution is 2.38. The minimum Gasteiger partial charge on any atom is -0.312 e. The van der Waals surface area contributed by atoms with E-state index >= 15 is 0 Å². The van der Waals surface area contributed by atoms with Crippen molar-refractivity contribution < 1.29 is 4.79 Å². The average molecular weight is 386 g/mol. The molecule has 1 amide bonds. The zero-order valence-electron chi connectivity index (χ0n) is 12.3. The topological polar surface area (TPSA) is 56.1 Å². The molecule has 0 saturated carbocycles. The van der Waals surface area contributed by atoms with Crippen LogP contribution in [0.15, 0.2) is 6.07 Å². The number of carbonyl (C=O) groups is 1. The summed E-state index contributed by atoms with van der Waals surface area (Å²) in [6.45, 7) is 4.86. The van der Waals surface area contributed by atoms with Crippen molar-refractivity contribution >= 4 is 56.8 Å². The third-order valence-corrected chi connectivity index (χ3v) is 6.44. The molecule has 4 nitrogen and oxygen atoms in total. The van der Waals surface area contributed by atoms with Gasteiger partial charge in [-0.05, 0) is 24.6 Å². The molecule has 0 fully saturated rings. The summed E-state index contributed by atoms with van der Waals surface area (Å²) in [5.41, 5.74) is 1.98. The summed E-state index contributed by atoms with van der Waals surface area (Å²) in [5, 5.41) is 12.9. The number of nitrogens with one attached hydrogen (secondary N) is 1. The Kier molecular flexibility index (Phi) is 4.95. The number of hydrogen-bond donors (Lipinski definition) is 1. The van der Waals surface area contributed by atoms with Gasteiger partial charge in [-0.25, -0.2) is 0 Å². The van der Waals surface area contributed by atoms with Crippen LogP contribution in [0.3, 0.4) is 0 Å². The Morgan fingerprint density at radius 1 is 1.48 bits per heavy atom. The molecule has 0 spiro atoms. The number of amides is 1. The second-order valence-electron chi connectivity index (χ2n) is 5.13. The van der Waals surface area contributed by atoms with Gasteiger partial charge < -0.3 is 5.32 Å². The van der Waals surface area contributed by atoms with Crippen molar-refractivity contribution in [3.8, 4) is 6.07 Å². The van der Waals surface area contributed by atoms with Crippen LogP contribution >= 0.6 is 45.9 Å². The predicted octanol–water partition coefficient (Wildman–Crippen LogP) is 4.62. The van der Waals surface area contributed by atoms with Crippen molar-refractivity contribution in [2.45, 2.75) is 19.9 Å². The zero-order valence-corrected chi connectivity index (χ0v) is 15.4. The van der Waals surface area contributed by atoms with E-state index in [1.54, 1.807) is 6.07 Å². The lowest BCUT2D eigenvalue weighted by molar-refractivity contribution is 0.102. The number of halogens is 2. The van der Waals surface area contributed by atoms with Gasteiger partial charge in [0.2, 0.25) is 0 Å². The van der Waals surface area contributed by atoms with E-state index in [0.29, 0.717) is 24.8 Å². The number of rotatable bonds is 3. The van der Waals surface area contributed by atoms with Crippen LogP contribution in [0.2, 0.25) is 8.67 Å². The summed E-state index contributed by atoms with van der Waals surface area (Å²) in [4.78, 5) is 15.9. The average Bonchev–Trinajstić information content (AvgIpc) is 3.05. The molecule has 120 valence electrons. The Hall–Kier alpha value is -1.10. The standard InChI is InChI=1S/C15H13Cl2N3OS2/c1-2-20-4-3-8-10(6-18)15(22-11(8)7-20)19-14(21)9-5-12(16)23-13(9)17/h5H,2-4,7H2,1H3,(H,19,21). The van der Waals surface area contributed by atoms with Crippen molar-refractivity contribution in [2.75, 3.05) is 18.4 Å². The minimum absolute atomic E-state index is 0.333. The molecule has 0 radical (unpaired) electrons. The van der Waals surface area contributed by atoms with E-state index in [0.717, 1.165) is 47.8 Å². The Labute approximate surface area is 152 Å². The first kappa shape index (κ1) is 16.7. The van der Waals surface area contributed by atoms with Crippen LogP contribution in [0.4, 0.5) is 5.00 Å². The third-order valence-electron chi connectivity index (χ3n) is 3.82. The van der Waals surface area contributed by atoms with Crippen LogP contribution in [0.5, 0.6) is 0 Å². The number of nitrogens with zero attached hydrogens (tertiary/aromatic N) is 2. The molecule has 2 aromatic heterocycles. The molecule has 8 heteroatoms. The van der Waals surface area contributed by atoms with Crippen LogP contribution in [0.1, 0.15) is 33.3 Å². The van der Waals surface area contributed by atoms with Crippen LogP contribution in [-0.2, 0) is 13.0 Å². The number of carbonyl (C=O) groups excluding carboxylic acids is 1. The van der Waals surface area contributed by atoms with E-state index < -0.39 is 0 Å². The number of anilines is 1. The fourth-order valence-corrected chi connectivity index (χ4v) is 5.29. The number of thiophene rings is 2. The fraction of sp³-hybridized carbons (Fsp3) is 0.333. The first-order valence-corrected chi connectivity index (χ1v) is 9.45. The van der Waals surface area contributed by atoms with Crippen molar-refractivity contribution in [3.63, 3.8) is 0 Å². The molecular formula is C15H13Cl2N3OS2. The van der Waals surface area contributed by atoms with E-state index in [2.05, 4.69) is 23.2 Å². The number of fused-ring (bicyclic) bond motifs is 1. The van der Waals surface area contributed by atoms with E-state index in [1.807, 2.05) is 0 Å². The summed E-state index contributed by atoms with van der Waals surface area (Å²) in [6, 6.07) is 3.78. The lowest BCUT2D eigenvalue weighted by Crippen LogP contribution is -2.29. The highest BCUT2D eigenvalue weighted by Gasteiger charge is 2.25.